The molecule has 1 aliphatic rings. The molecule has 4 rings (SSSR count). The fourth-order valence-electron chi connectivity index (χ4n) is 3.35. The molecule has 7 nitrogen and oxygen atoms in total. The van der Waals surface area contributed by atoms with Gasteiger partial charge in [0.15, 0.2) is 0 Å². The molecule has 0 bridgehead atoms. The molecule has 0 aliphatic heterocycles. The molecule has 0 saturated heterocycles. The van der Waals surface area contributed by atoms with Gasteiger partial charge in [0.1, 0.15) is 11.6 Å². The van der Waals surface area contributed by atoms with E-state index >= 15 is 0 Å². The minimum Gasteiger partial charge on any atom is -0.339 e. The maximum Gasteiger partial charge on any atom is 0.227 e. The number of benzene rings is 1. The van der Waals surface area contributed by atoms with Crippen LogP contribution in [0.25, 0.3) is 11.4 Å². The first-order chi connectivity index (χ1) is 13.2. The molecule has 27 heavy (non-hydrogen) atoms. The zero-order chi connectivity index (χ0) is 18.6. The van der Waals surface area contributed by atoms with Crippen molar-refractivity contribution in [3.63, 3.8) is 0 Å². The highest BCUT2D eigenvalue weighted by Gasteiger charge is 2.20. The molecule has 140 valence electrons. The second-order valence-corrected chi connectivity index (χ2v) is 6.67. The highest BCUT2D eigenvalue weighted by atomic mass is 19.1. The summed E-state index contributed by atoms with van der Waals surface area (Å²) in [4.78, 5) is 16.5. The lowest BCUT2D eigenvalue weighted by Crippen LogP contribution is -2.18. The summed E-state index contributed by atoms with van der Waals surface area (Å²) in [5.41, 5.74) is 0.663. The van der Waals surface area contributed by atoms with Crippen LogP contribution in [0.5, 0.6) is 0 Å². The van der Waals surface area contributed by atoms with E-state index in [1.54, 1.807) is 18.3 Å². The van der Waals surface area contributed by atoms with Gasteiger partial charge >= 0.3 is 0 Å². The third-order valence-corrected chi connectivity index (χ3v) is 4.74. The topological polar surface area (TPSA) is 85.8 Å². The van der Waals surface area contributed by atoms with Gasteiger partial charge < -0.3 is 9.84 Å². The van der Waals surface area contributed by atoms with Gasteiger partial charge in [-0.15, -0.1) is 0 Å². The minimum absolute atomic E-state index is 0.128. The minimum atomic E-state index is -0.323. The van der Waals surface area contributed by atoms with Crippen LogP contribution < -0.4 is 5.32 Å². The van der Waals surface area contributed by atoms with Crippen molar-refractivity contribution in [2.24, 2.45) is 0 Å². The Morgan fingerprint density at radius 1 is 1.22 bits per heavy atom. The summed E-state index contributed by atoms with van der Waals surface area (Å²) in [6.45, 7) is 0. The maximum absolute atomic E-state index is 13.0. The fourth-order valence-corrected chi connectivity index (χ4v) is 3.35. The fraction of sp³-hybridized carbons (Fsp3) is 0.368. The molecule has 1 aliphatic carbocycles. The number of hydrogen-bond donors (Lipinski definition) is 1. The van der Waals surface area contributed by atoms with Gasteiger partial charge in [-0.05, 0) is 37.1 Å². The summed E-state index contributed by atoms with van der Waals surface area (Å²) in [6.07, 6.45) is 6.85. The summed E-state index contributed by atoms with van der Waals surface area (Å²) in [5, 5.41) is 11.1. The Kier molecular flexibility index (Phi) is 4.95. The van der Waals surface area contributed by atoms with Gasteiger partial charge in [-0.1, -0.05) is 18.0 Å². The number of aromatic nitrogens is 4. The third kappa shape index (κ3) is 4.05. The normalized spacial score (nSPS) is 14.6. The standard InChI is InChI=1S/C19H20FN5O2/c20-14-7-5-13(6-8-14)19-23-18(27-24-19)10-9-17(26)22-16-11-12-21-25(16)15-3-1-2-4-15/h5-8,11-12,15H,1-4,9-10H2,(H,22,26). The number of aryl methyl sites for hydroxylation is 1. The predicted molar refractivity (Wildman–Crippen MR) is 96.4 cm³/mol. The molecule has 1 aromatic carbocycles. The molecule has 2 aromatic heterocycles. The smallest absolute Gasteiger partial charge is 0.227 e. The zero-order valence-corrected chi connectivity index (χ0v) is 14.8. The second kappa shape index (κ2) is 7.69. The zero-order valence-electron chi connectivity index (χ0n) is 14.8. The van der Waals surface area contributed by atoms with E-state index in [1.165, 1.54) is 25.0 Å². The van der Waals surface area contributed by atoms with Crippen molar-refractivity contribution in [3.8, 4) is 11.4 Å². The summed E-state index contributed by atoms with van der Waals surface area (Å²) in [5.74, 6) is 1.02. The summed E-state index contributed by atoms with van der Waals surface area (Å²) >= 11 is 0. The van der Waals surface area contributed by atoms with Crippen molar-refractivity contribution in [3.05, 3.63) is 48.2 Å². The van der Waals surface area contributed by atoms with Crippen LogP contribution in [0.4, 0.5) is 10.2 Å². The largest absolute Gasteiger partial charge is 0.339 e. The van der Waals surface area contributed by atoms with Gasteiger partial charge in [0.25, 0.3) is 0 Å². The van der Waals surface area contributed by atoms with E-state index in [2.05, 4.69) is 20.6 Å². The second-order valence-electron chi connectivity index (χ2n) is 6.67. The lowest BCUT2D eigenvalue weighted by Gasteiger charge is -2.14. The number of halogens is 1. The molecule has 8 heteroatoms. The Balaban J connectivity index is 1.33. The van der Waals surface area contributed by atoms with E-state index in [0.717, 1.165) is 18.7 Å². The van der Waals surface area contributed by atoms with Crippen molar-refractivity contribution in [1.29, 1.82) is 0 Å². The Labute approximate surface area is 155 Å². The van der Waals surface area contributed by atoms with Gasteiger partial charge in [-0.25, -0.2) is 9.07 Å². The number of nitrogens with one attached hydrogen (secondary N) is 1. The lowest BCUT2D eigenvalue weighted by atomic mass is 10.2. The first-order valence-electron chi connectivity index (χ1n) is 9.11. The van der Waals surface area contributed by atoms with Crippen LogP contribution in [0.1, 0.15) is 44.0 Å². The van der Waals surface area contributed by atoms with Crippen molar-refractivity contribution >= 4 is 11.7 Å². The van der Waals surface area contributed by atoms with E-state index in [9.17, 15) is 9.18 Å². The van der Waals surface area contributed by atoms with E-state index in [-0.39, 0.29) is 18.1 Å². The van der Waals surface area contributed by atoms with Crippen LogP contribution in [0.3, 0.4) is 0 Å². The Morgan fingerprint density at radius 2 is 2.00 bits per heavy atom. The highest BCUT2D eigenvalue weighted by molar-refractivity contribution is 5.89. The molecule has 1 saturated carbocycles. The van der Waals surface area contributed by atoms with Gasteiger partial charge in [0, 0.05) is 24.5 Å². The summed E-state index contributed by atoms with van der Waals surface area (Å²) < 4.78 is 20.1. The molecule has 1 N–H and O–H groups in total. The Bertz CT molecular complexity index is 912. The number of carbonyl (C=O) groups excluding carboxylic acids is 1. The van der Waals surface area contributed by atoms with Crippen molar-refractivity contribution < 1.29 is 13.7 Å². The Morgan fingerprint density at radius 3 is 2.78 bits per heavy atom. The monoisotopic (exact) mass is 369 g/mol. The highest BCUT2D eigenvalue weighted by Crippen LogP contribution is 2.31. The van der Waals surface area contributed by atoms with Gasteiger partial charge in [-0.3, -0.25) is 4.79 Å². The number of carbonyl (C=O) groups is 1. The average molecular weight is 369 g/mol. The van der Waals surface area contributed by atoms with E-state index in [1.807, 2.05) is 10.7 Å². The van der Waals surface area contributed by atoms with Gasteiger partial charge in [-0.2, -0.15) is 10.1 Å². The molecule has 0 radical (unpaired) electrons. The van der Waals surface area contributed by atoms with Crippen LogP contribution in [-0.2, 0) is 11.2 Å². The van der Waals surface area contributed by atoms with Crippen LogP contribution in [0.2, 0.25) is 0 Å². The summed E-state index contributed by atoms with van der Waals surface area (Å²) in [7, 11) is 0. The van der Waals surface area contributed by atoms with Gasteiger partial charge in [0.2, 0.25) is 17.6 Å². The van der Waals surface area contributed by atoms with E-state index < -0.39 is 0 Å². The van der Waals surface area contributed by atoms with E-state index in [4.69, 9.17) is 4.52 Å². The number of nitrogens with zero attached hydrogens (tertiary/aromatic N) is 4. The average Bonchev–Trinajstić information content (AvgIpc) is 3.42. The SMILES string of the molecule is O=C(CCc1nc(-c2ccc(F)cc2)no1)Nc1ccnn1C1CCCC1. The quantitative estimate of drug-likeness (QED) is 0.715. The first kappa shape index (κ1) is 17.4. The molecule has 0 atom stereocenters. The van der Waals surface area contributed by atoms with Crippen molar-refractivity contribution in [2.75, 3.05) is 5.32 Å². The van der Waals surface area contributed by atoms with Crippen LogP contribution in [0, 0.1) is 5.82 Å². The molecule has 1 amide bonds. The molecule has 2 heterocycles. The summed E-state index contributed by atoms with van der Waals surface area (Å²) in [6, 6.07) is 8.03. The molecule has 0 unspecified atom stereocenters. The van der Waals surface area contributed by atoms with Crippen molar-refractivity contribution in [1.82, 2.24) is 19.9 Å². The van der Waals surface area contributed by atoms with Crippen LogP contribution in [0.15, 0.2) is 41.1 Å². The molecule has 3 aromatic rings. The van der Waals surface area contributed by atoms with Crippen LogP contribution >= 0.6 is 0 Å². The third-order valence-electron chi connectivity index (χ3n) is 4.74. The number of amides is 1. The molecular formula is C19H20FN5O2. The Hall–Kier alpha value is -3.03. The van der Waals surface area contributed by atoms with Gasteiger partial charge in [0.05, 0.1) is 12.2 Å². The number of rotatable bonds is 6. The lowest BCUT2D eigenvalue weighted by molar-refractivity contribution is -0.116. The molecule has 1 fully saturated rings. The van der Waals surface area contributed by atoms with Crippen LogP contribution in [-0.4, -0.2) is 25.8 Å². The number of anilines is 1. The first-order valence-corrected chi connectivity index (χ1v) is 9.11. The van der Waals surface area contributed by atoms with E-state index in [0.29, 0.717) is 29.7 Å². The van der Waals surface area contributed by atoms with Crippen molar-refractivity contribution in [2.45, 2.75) is 44.6 Å². The predicted octanol–water partition coefficient (Wildman–Crippen LogP) is 3.76. The maximum atomic E-state index is 13.0. The molecule has 0 spiro atoms. The molecular weight excluding hydrogens is 349 g/mol. The number of hydrogen-bond acceptors (Lipinski definition) is 5.